The number of allylic oxidation sites excluding steroid dienone is 4. The summed E-state index contributed by atoms with van der Waals surface area (Å²) in [5.41, 5.74) is 12.1. The molecule has 0 radical (unpaired) electrons. The summed E-state index contributed by atoms with van der Waals surface area (Å²) in [4.78, 5) is 0. The van der Waals surface area contributed by atoms with Crippen molar-refractivity contribution in [2.45, 2.75) is 75.3 Å². The number of hydrogen-bond donors (Lipinski definition) is 0. The summed E-state index contributed by atoms with van der Waals surface area (Å²) < 4.78 is 6.62. The summed E-state index contributed by atoms with van der Waals surface area (Å²) in [5.74, 6) is 0. The third kappa shape index (κ3) is 8.29. The maximum absolute atomic E-state index is 2.54. The van der Waals surface area contributed by atoms with Crippen molar-refractivity contribution in [1.82, 2.24) is 0 Å². The zero-order valence-corrected chi connectivity index (χ0v) is 35.8. The van der Waals surface area contributed by atoms with Crippen LogP contribution < -0.4 is 24.8 Å². The van der Waals surface area contributed by atoms with Gasteiger partial charge in [0.15, 0.2) is 0 Å². The van der Waals surface area contributed by atoms with Crippen LogP contribution in [0.5, 0.6) is 0 Å². The number of benzene rings is 4. The quantitative estimate of drug-likeness (QED) is 0.219. The molecule has 2 aliphatic rings. The van der Waals surface area contributed by atoms with Crippen LogP contribution in [-0.2, 0) is 44.9 Å². The third-order valence-corrected chi connectivity index (χ3v) is 18.9. The SMILES string of the molecule is CC(C)(C)c1ccc2c(c1)-c1cc(C(C)(C)C)ccc1[CH]2[Zr+2]([C]1=CC=CC1)=[C](Cc1ccc(I)cc1)Cc1ccc(I)cc1.[Cl-].[Cl-]. The van der Waals surface area contributed by atoms with Gasteiger partial charge >= 0.3 is 303 Å². The number of hydrogen-bond acceptors (Lipinski definition) is 0. The summed E-state index contributed by atoms with van der Waals surface area (Å²) in [6.45, 7) is 14.1. The molecule has 0 amide bonds. The van der Waals surface area contributed by atoms with Gasteiger partial charge in [0.1, 0.15) is 0 Å². The van der Waals surface area contributed by atoms with E-state index in [0.29, 0.717) is 3.63 Å². The van der Waals surface area contributed by atoms with E-state index in [-0.39, 0.29) is 35.6 Å². The molecule has 0 saturated heterocycles. The molecule has 0 spiro atoms. The first-order valence-corrected chi connectivity index (χ1v) is 21.8. The molecule has 0 aromatic heterocycles. The van der Waals surface area contributed by atoms with Crippen LogP contribution in [0, 0.1) is 7.14 Å². The fraction of sp³-hybridized carbons (Fsp3) is 0.293. The molecule has 238 valence electrons. The first-order chi connectivity index (χ1) is 20.9. The molecule has 0 aliphatic heterocycles. The van der Waals surface area contributed by atoms with Crippen molar-refractivity contribution in [2.75, 3.05) is 0 Å². The molecular formula is C41H42Cl2I2Zr. The average molecular weight is 951 g/mol. The number of rotatable bonds is 6. The summed E-state index contributed by atoms with van der Waals surface area (Å²) in [6, 6.07) is 33.5. The fourth-order valence-corrected chi connectivity index (χ4v) is 16.7. The second-order valence-corrected chi connectivity index (χ2v) is 23.7. The molecule has 0 nitrogen and oxygen atoms in total. The molecule has 0 fully saturated rings. The summed E-state index contributed by atoms with van der Waals surface area (Å²) in [7, 11) is 0. The monoisotopic (exact) mass is 948 g/mol. The Bertz CT molecular complexity index is 1690. The van der Waals surface area contributed by atoms with Crippen LogP contribution in [-0.4, -0.2) is 3.21 Å². The van der Waals surface area contributed by atoms with E-state index < -0.39 is 21.3 Å². The zero-order chi connectivity index (χ0) is 31.2. The normalized spacial score (nSPS) is 13.6. The molecule has 0 heterocycles. The minimum Gasteiger partial charge on any atom is -1.00 e. The molecule has 0 N–H and O–H groups in total. The van der Waals surface area contributed by atoms with E-state index in [4.69, 9.17) is 0 Å². The van der Waals surface area contributed by atoms with Gasteiger partial charge in [-0.2, -0.15) is 0 Å². The smallest absolute Gasteiger partial charge is 1.00 e. The van der Waals surface area contributed by atoms with Gasteiger partial charge in [0.05, 0.1) is 0 Å². The van der Waals surface area contributed by atoms with Gasteiger partial charge in [0.25, 0.3) is 0 Å². The van der Waals surface area contributed by atoms with Crippen molar-refractivity contribution in [2.24, 2.45) is 0 Å². The average Bonchev–Trinajstić information content (AvgIpc) is 3.61. The molecule has 0 atom stereocenters. The van der Waals surface area contributed by atoms with Crippen LogP contribution in [0.15, 0.2) is 106 Å². The maximum atomic E-state index is 2.54. The van der Waals surface area contributed by atoms with E-state index in [2.05, 4.69) is 190 Å². The van der Waals surface area contributed by atoms with Crippen molar-refractivity contribution in [3.63, 3.8) is 0 Å². The Labute approximate surface area is 324 Å². The molecule has 0 unspecified atom stereocenters. The topological polar surface area (TPSA) is 0 Å². The Morgan fingerprint density at radius 3 is 1.46 bits per heavy atom. The van der Waals surface area contributed by atoms with Crippen LogP contribution in [0.3, 0.4) is 0 Å². The largest absolute Gasteiger partial charge is 1.00 e. The van der Waals surface area contributed by atoms with Gasteiger partial charge in [-0.15, -0.1) is 0 Å². The molecule has 0 saturated carbocycles. The molecule has 4 aromatic carbocycles. The van der Waals surface area contributed by atoms with E-state index in [1.807, 2.05) is 0 Å². The van der Waals surface area contributed by atoms with Crippen molar-refractivity contribution in [1.29, 1.82) is 0 Å². The van der Waals surface area contributed by atoms with Crippen LogP contribution in [0.2, 0.25) is 0 Å². The van der Waals surface area contributed by atoms with E-state index in [1.54, 1.807) is 17.6 Å². The summed E-state index contributed by atoms with van der Waals surface area (Å²) in [5, 5.41) is 0. The Morgan fingerprint density at radius 2 is 1.09 bits per heavy atom. The van der Waals surface area contributed by atoms with Gasteiger partial charge in [-0.3, -0.25) is 0 Å². The Morgan fingerprint density at radius 1 is 0.652 bits per heavy atom. The Balaban J connectivity index is 0.00000240. The fourth-order valence-electron chi connectivity index (χ4n) is 6.71. The van der Waals surface area contributed by atoms with Crippen LogP contribution in [0.4, 0.5) is 0 Å². The van der Waals surface area contributed by atoms with Gasteiger partial charge in [-0.05, 0) is 0 Å². The molecule has 4 aromatic rings. The van der Waals surface area contributed by atoms with E-state index in [1.165, 1.54) is 40.5 Å². The van der Waals surface area contributed by atoms with Gasteiger partial charge in [0.2, 0.25) is 0 Å². The Hall–Kier alpha value is -0.847. The number of halogens is 4. The molecule has 0 bridgehead atoms. The van der Waals surface area contributed by atoms with E-state index >= 15 is 0 Å². The van der Waals surface area contributed by atoms with Crippen molar-refractivity contribution < 1.29 is 46.1 Å². The first kappa shape index (κ1) is 38.0. The third-order valence-electron chi connectivity index (χ3n) is 9.20. The minimum atomic E-state index is -2.53. The van der Waals surface area contributed by atoms with Crippen LogP contribution >= 0.6 is 45.2 Å². The van der Waals surface area contributed by atoms with Crippen molar-refractivity contribution in [3.05, 3.63) is 147 Å². The van der Waals surface area contributed by atoms with Crippen molar-refractivity contribution >= 4 is 48.4 Å². The second kappa shape index (κ2) is 15.4. The van der Waals surface area contributed by atoms with E-state index in [9.17, 15) is 0 Å². The number of fused-ring (bicyclic) bond motifs is 3. The van der Waals surface area contributed by atoms with Crippen LogP contribution in [0.25, 0.3) is 11.1 Å². The molecule has 6 rings (SSSR count). The van der Waals surface area contributed by atoms with Gasteiger partial charge in [-0.25, -0.2) is 0 Å². The van der Waals surface area contributed by atoms with Crippen molar-refractivity contribution in [3.8, 4) is 11.1 Å². The zero-order valence-electron chi connectivity index (χ0n) is 27.5. The summed E-state index contributed by atoms with van der Waals surface area (Å²) >= 11 is 2.33. The Kier molecular flexibility index (Phi) is 12.7. The molecule has 2 aliphatic carbocycles. The molecular weight excluding hydrogens is 908 g/mol. The first-order valence-electron chi connectivity index (χ1n) is 15.7. The maximum Gasteiger partial charge on any atom is -1.00 e. The predicted molar refractivity (Wildman–Crippen MR) is 204 cm³/mol. The van der Waals surface area contributed by atoms with Crippen LogP contribution in [0.1, 0.15) is 85.0 Å². The molecule has 46 heavy (non-hydrogen) atoms. The van der Waals surface area contributed by atoms with Gasteiger partial charge in [-0.1, -0.05) is 0 Å². The molecule has 5 heteroatoms. The summed E-state index contributed by atoms with van der Waals surface area (Å²) in [6.07, 6.45) is 10.5. The predicted octanol–water partition coefficient (Wildman–Crippen LogP) is 5.69. The minimum absolute atomic E-state index is 0. The van der Waals surface area contributed by atoms with E-state index in [0.717, 1.165) is 19.3 Å². The van der Waals surface area contributed by atoms with Gasteiger partial charge < -0.3 is 24.8 Å². The second-order valence-electron chi connectivity index (χ2n) is 14.5. The van der Waals surface area contributed by atoms with Gasteiger partial charge in [0, 0.05) is 0 Å². The standard InChI is InChI=1S/C21H25.C15H12I2.C5H5.2ClH.Zr/c1-20(2,3)16-9-7-14-11-15-8-10-17(21(4,5)6)13-19(15)18(14)12-16;16-14-8-4-12(5-9-14)2-1-3-13-6-10-15(17)11-7-13;1-2-4-5-3-1;;;/h7-13H,1-6H3;4-11H,2-3H2;1-3H,4H2;2*1H;/q;;;;;+2/p-2.